The molecule has 2 rings (SSSR count). The molecule has 2 aromatic carbocycles. The number of carbonyl (C=O) groups is 1. The summed E-state index contributed by atoms with van der Waals surface area (Å²) in [5.41, 5.74) is 1.96. The van der Waals surface area contributed by atoms with E-state index in [4.69, 9.17) is 21.1 Å². The van der Waals surface area contributed by atoms with Crippen LogP contribution in [0.25, 0.3) is 0 Å². The third-order valence-corrected chi connectivity index (χ3v) is 4.74. The van der Waals surface area contributed by atoms with Crippen molar-refractivity contribution in [1.29, 1.82) is 0 Å². The second-order valence-electron chi connectivity index (χ2n) is 6.17. The van der Waals surface area contributed by atoms with Crippen LogP contribution in [0, 0.1) is 6.92 Å². The van der Waals surface area contributed by atoms with Crippen LogP contribution in [0.4, 0.5) is 0 Å². The highest BCUT2D eigenvalue weighted by molar-refractivity contribution is 6.31. The van der Waals surface area contributed by atoms with Crippen LogP contribution in [0.2, 0.25) is 5.02 Å². The van der Waals surface area contributed by atoms with Crippen LogP contribution in [0.5, 0.6) is 11.5 Å². The molecule has 1 amide bonds. The van der Waals surface area contributed by atoms with Gasteiger partial charge in [-0.1, -0.05) is 37.6 Å². The highest BCUT2D eigenvalue weighted by Crippen LogP contribution is 2.24. The number of hydrogen-bond donors (Lipinski definition) is 1. The van der Waals surface area contributed by atoms with Crippen molar-refractivity contribution >= 4 is 17.5 Å². The number of hydrogen-bond acceptors (Lipinski definition) is 3. The molecule has 26 heavy (non-hydrogen) atoms. The summed E-state index contributed by atoms with van der Waals surface area (Å²) in [7, 11) is 1.63. The van der Waals surface area contributed by atoms with Crippen molar-refractivity contribution in [2.75, 3.05) is 7.11 Å². The normalized spacial score (nSPS) is 13.0. The summed E-state index contributed by atoms with van der Waals surface area (Å²) in [4.78, 5) is 12.7. The van der Waals surface area contributed by atoms with Crippen LogP contribution in [0.1, 0.15) is 43.9 Å². The van der Waals surface area contributed by atoms with Gasteiger partial charge in [0.25, 0.3) is 5.91 Å². The van der Waals surface area contributed by atoms with Crippen LogP contribution >= 0.6 is 11.6 Å². The zero-order valence-corrected chi connectivity index (χ0v) is 16.5. The van der Waals surface area contributed by atoms with Gasteiger partial charge in [-0.25, -0.2) is 0 Å². The first-order valence-corrected chi connectivity index (χ1v) is 9.23. The zero-order chi connectivity index (χ0) is 19.1. The van der Waals surface area contributed by atoms with Crippen molar-refractivity contribution < 1.29 is 14.3 Å². The minimum absolute atomic E-state index is 0.0713. The van der Waals surface area contributed by atoms with Gasteiger partial charge in [0.05, 0.1) is 13.2 Å². The lowest BCUT2D eigenvalue weighted by atomic mass is 10.0. The highest BCUT2D eigenvalue weighted by atomic mass is 35.5. The Kier molecular flexibility index (Phi) is 7.34. The van der Waals surface area contributed by atoms with Crippen molar-refractivity contribution in [1.82, 2.24) is 5.32 Å². The topological polar surface area (TPSA) is 47.6 Å². The largest absolute Gasteiger partial charge is 0.497 e. The lowest BCUT2D eigenvalue weighted by Gasteiger charge is -2.23. The van der Waals surface area contributed by atoms with Gasteiger partial charge in [0.15, 0.2) is 6.10 Å². The van der Waals surface area contributed by atoms with Gasteiger partial charge in [0.1, 0.15) is 11.5 Å². The molecular formula is C21H26ClNO3. The molecule has 0 radical (unpaired) electrons. The third kappa shape index (κ3) is 5.15. The number of amides is 1. The fraction of sp³-hybridized carbons (Fsp3) is 0.381. The predicted molar refractivity (Wildman–Crippen MR) is 105 cm³/mol. The fourth-order valence-corrected chi connectivity index (χ4v) is 2.82. The van der Waals surface area contributed by atoms with E-state index in [0.29, 0.717) is 17.2 Å². The van der Waals surface area contributed by atoms with E-state index in [1.807, 2.05) is 51.1 Å². The Labute approximate surface area is 160 Å². The Morgan fingerprint density at radius 3 is 2.27 bits per heavy atom. The summed E-state index contributed by atoms with van der Waals surface area (Å²) in [6.45, 7) is 5.88. The molecule has 2 aromatic rings. The van der Waals surface area contributed by atoms with Crippen LogP contribution < -0.4 is 14.8 Å². The van der Waals surface area contributed by atoms with Gasteiger partial charge in [-0.2, -0.15) is 0 Å². The van der Waals surface area contributed by atoms with Crippen molar-refractivity contribution in [3.63, 3.8) is 0 Å². The van der Waals surface area contributed by atoms with Gasteiger partial charge in [0, 0.05) is 5.02 Å². The molecule has 0 unspecified atom stereocenters. The fourth-order valence-electron chi connectivity index (χ4n) is 2.70. The number of nitrogens with one attached hydrogen (secondary N) is 1. The van der Waals surface area contributed by atoms with Crippen molar-refractivity contribution in [2.45, 2.75) is 45.8 Å². The van der Waals surface area contributed by atoms with Gasteiger partial charge in [0.2, 0.25) is 0 Å². The summed E-state index contributed by atoms with van der Waals surface area (Å²) in [6.07, 6.45) is 0.809. The first-order chi connectivity index (χ1) is 12.5. The minimum Gasteiger partial charge on any atom is -0.497 e. The molecule has 4 nitrogen and oxygen atoms in total. The SMILES string of the molecule is CC[C@H](Oc1ccc(Cl)c(C)c1)C(=O)N[C@H](CC)c1ccc(OC)cc1. The van der Waals surface area contributed by atoms with E-state index in [1.54, 1.807) is 19.2 Å². The van der Waals surface area contributed by atoms with Crippen LogP contribution in [-0.4, -0.2) is 19.1 Å². The Morgan fingerprint density at radius 1 is 1.08 bits per heavy atom. The maximum atomic E-state index is 12.7. The molecular weight excluding hydrogens is 350 g/mol. The standard InChI is InChI=1S/C21H26ClNO3/c1-5-19(15-7-9-16(25-4)10-8-15)23-21(24)20(6-2)26-17-11-12-18(22)14(3)13-17/h7-13,19-20H,5-6H2,1-4H3,(H,23,24)/t19-,20+/m1/s1. The van der Waals surface area contributed by atoms with Gasteiger partial charge < -0.3 is 14.8 Å². The van der Waals surface area contributed by atoms with E-state index in [-0.39, 0.29) is 11.9 Å². The second-order valence-corrected chi connectivity index (χ2v) is 6.58. The van der Waals surface area contributed by atoms with Crippen molar-refractivity contribution in [2.24, 2.45) is 0 Å². The molecule has 5 heteroatoms. The average Bonchev–Trinajstić information content (AvgIpc) is 2.66. The van der Waals surface area contributed by atoms with Crippen molar-refractivity contribution in [3.8, 4) is 11.5 Å². The quantitative estimate of drug-likeness (QED) is 0.699. The Bertz CT molecular complexity index is 731. The van der Waals surface area contributed by atoms with E-state index in [1.165, 1.54) is 0 Å². The maximum Gasteiger partial charge on any atom is 0.261 e. The molecule has 0 aromatic heterocycles. The summed E-state index contributed by atoms with van der Waals surface area (Å²) in [6, 6.07) is 13.1. The number of benzene rings is 2. The first-order valence-electron chi connectivity index (χ1n) is 8.85. The van der Waals surface area contributed by atoms with Gasteiger partial charge in [-0.15, -0.1) is 0 Å². The zero-order valence-electron chi connectivity index (χ0n) is 15.7. The lowest BCUT2D eigenvalue weighted by molar-refractivity contribution is -0.128. The molecule has 0 aliphatic rings. The van der Waals surface area contributed by atoms with E-state index >= 15 is 0 Å². The average molecular weight is 376 g/mol. The van der Waals surface area contributed by atoms with E-state index < -0.39 is 6.10 Å². The smallest absolute Gasteiger partial charge is 0.261 e. The number of carbonyl (C=O) groups excluding carboxylic acids is 1. The molecule has 140 valence electrons. The molecule has 0 heterocycles. The molecule has 0 aliphatic carbocycles. The Hall–Kier alpha value is -2.20. The third-order valence-electron chi connectivity index (χ3n) is 4.31. The van der Waals surface area contributed by atoms with E-state index in [9.17, 15) is 4.79 Å². The number of methoxy groups -OCH3 is 1. The lowest BCUT2D eigenvalue weighted by Crippen LogP contribution is -2.39. The number of aryl methyl sites for hydroxylation is 1. The maximum absolute atomic E-state index is 12.7. The van der Waals surface area contributed by atoms with E-state index in [2.05, 4.69) is 5.32 Å². The highest BCUT2D eigenvalue weighted by Gasteiger charge is 2.22. The molecule has 2 atom stereocenters. The summed E-state index contributed by atoms with van der Waals surface area (Å²) in [5, 5.41) is 3.77. The summed E-state index contributed by atoms with van der Waals surface area (Å²) in [5.74, 6) is 1.32. The van der Waals surface area contributed by atoms with Gasteiger partial charge >= 0.3 is 0 Å². The van der Waals surface area contributed by atoms with Crippen molar-refractivity contribution in [3.05, 3.63) is 58.6 Å². The van der Waals surface area contributed by atoms with E-state index in [0.717, 1.165) is 23.3 Å². The molecule has 0 spiro atoms. The van der Waals surface area contributed by atoms with Crippen LogP contribution in [-0.2, 0) is 4.79 Å². The molecule has 0 aliphatic heterocycles. The number of rotatable bonds is 8. The molecule has 1 N–H and O–H groups in total. The first kappa shape index (κ1) is 20.1. The Morgan fingerprint density at radius 2 is 1.73 bits per heavy atom. The summed E-state index contributed by atoms with van der Waals surface area (Å²) >= 11 is 6.05. The molecule has 0 fully saturated rings. The number of ether oxygens (including phenoxy) is 2. The minimum atomic E-state index is -0.553. The number of halogens is 1. The van der Waals surface area contributed by atoms with Gasteiger partial charge in [-0.05, 0) is 61.2 Å². The molecule has 0 bridgehead atoms. The summed E-state index contributed by atoms with van der Waals surface area (Å²) < 4.78 is 11.1. The second kappa shape index (κ2) is 9.48. The Balaban J connectivity index is 2.06. The van der Waals surface area contributed by atoms with Crippen LogP contribution in [0.3, 0.4) is 0 Å². The monoisotopic (exact) mass is 375 g/mol. The predicted octanol–water partition coefficient (Wildman–Crippen LogP) is 5.08. The molecule has 0 saturated carbocycles. The van der Waals surface area contributed by atoms with Crippen LogP contribution in [0.15, 0.2) is 42.5 Å². The molecule has 0 saturated heterocycles. The van der Waals surface area contributed by atoms with Gasteiger partial charge in [-0.3, -0.25) is 4.79 Å².